The van der Waals surface area contributed by atoms with Gasteiger partial charge in [-0.3, -0.25) is 0 Å². The van der Waals surface area contributed by atoms with Crippen LogP contribution in [0.5, 0.6) is 0 Å². The fraction of sp³-hybridized carbons (Fsp3) is 0.250. The van der Waals surface area contributed by atoms with Gasteiger partial charge in [0.1, 0.15) is 0 Å². The van der Waals surface area contributed by atoms with Gasteiger partial charge in [-0.15, -0.1) is 0 Å². The van der Waals surface area contributed by atoms with Crippen LogP contribution in [0.15, 0.2) is 36.4 Å². The van der Waals surface area contributed by atoms with Crippen LogP contribution < -0.4 is 5.32 Å². The van der Waals surface area contributed by atoms with Crippen molar-refractivity contribution in [2.24, 2.45) is 0 Å². The number of halogens is 4. The first-order valence-electron chi connectivity index (χ1n) is 6.64. The second-order valence-corrected chi connectivity index (χ2v) is 5.54. The minimum absolute atomic E-state index is 0.285. The van der Waals surface area contributed by atoms with Crippen LogP contribution in [0.1, 0.15) is 24.1 Å². The monoisotopic (exact) mass is 329 g/mol. The molecule has 0 spiro atoms. The van der Waals surface area contributed by atoms with E-state index in [4.69, 9.17) is 23.2 Å². The van der Waals surface area contributed by atoms with Gasteiger partial charge in [0, 0.05) is 21.7 Å². The Morgan fingerprint density at radius 2 is 1.90 bits per heavy atom. The van der Waals surface area contributed by atoms with Gasteiger partial charge < -0.3 is 5.32 Å². The van der Waals surface area contributed by atoms with Crippen LogP contribution in [0.25, 0.3) is 0 Å². The average Bonchev–Trinajstić information content (AvgIpc) is 2.45. The van der Waals surface area contributed by atoms with Crippen molar-refractivity contribution in [1.29, 1.82) is 0 Å². The molecule has 1 unspecified atom stereocenters. The summed E-state index contributed by atoms with van der Waals surface area (Å²) < 4.78 is 27.4. The van der Waals surface area contributed by atoms with E-state index in [9.17, 15) is 8.78 Å². The normalized spacial score (nSPS) is 12.4. The van der Waals surface area contributed by atoms with Crippen molar-refractivity contribution >= 4 is 23.2 Å². The van der Waals surface area contributed by atoms with E-state index < -0.39 is 11.6 Å². The number of likely N-dealkylation sites (N-methyl/N-ethyl adjacent to an activating group) is 1. The smallest absolute Gasteiger partial charge is 0.163 e. The van der Waals surface area contributed by atoms with Crippen molar-refractivity contribution < 1.29 is 8.78 Å². The highest BCUT2D eigenvalue weighted by atomic mass is 35.5. The quantitative estimate of drug-likeness (QED) is 0.798. The fourth-order valence-corrected chi connectivity index (χ4v) is 2.64. The Bertz CT molecular complexity index is 632. The molecule has 0 saturated heterocycles. The van der Waals surface area contributed by atoms with E-state index in [0.717, 1.165) is 11.6 Å². The third-order valence-electron chi connectivity index (χ3n) is 3.24. The van der Waals surface area contributed by atoms with Crippen LogP contribution in [0.4, 0.5) is 8.78 Å². The van der Waals surface area contributed by atoms with Crippen molar-refractivity contribution in [3.63, 3.8) is 0 Å². The summed E-state index contributed by atoms with van der Waals surface area (Å²) >= 11 is 12.1. The number of nitrogens with one attached hydrogen (secondary N) is 1. The van der Waals surface area contributed by atoms with Crippen molar-refractivity contribution in [2.45, 2.75) is 19.4 Å². The molecule has 1 nitrogen and oxygen atoms in total. The number of rotatable bonds is 5. The summed E-state index contributed by atoms with van der Waals surface area (Å²) in [7, 11) is 0. The van der Waals surface area contributed by atoms with Crippen molar-refractivity contribution in [3.05, 3.63) is 69.2 Å². The van der Waals surface area contributed by atoms with Gasteiger partial charge in [0.05, 0.1) is 0 Å². The zero-order valence-corrected chi connectivity index (χ0v) is 13.0. The van der Waals surface area contributed by atoms with Gasteiger partial charge in [-0.05, 0) is 42.8 Å². The van der Waals surface area contributed by atoms with E-state index in [-0.39, 0.29) is 11.6 Å². The summed E-state index contributed by atoms with van der Waals surface area (Å²) in [6.45, 7) is 2.53. The molecule has 0 aliphatic carbocycles. The Morgan fingerprint density at radius 1 is 1.14 bits per heavy atom. The molecule has 0 aliphatic rings. The Balaban J connectivity index is 2.35. The molecule has 1 atom stereocenters. The number of hydrogen-bond donors (Lipinski definition) is 1. The largest absolute Gasteiger partial charge is 0.310 e. The van der Waals surface area contributed by atoms with Gasteiger partial charge in [-0.25, -0.2) is 8.78 Å². The molecule has 0 aromatic heterocycles. The predicted molar refractivity (Wildman–Crippen MR) is 82.9 cm³/mol. The van der Waals surface area contributed by atoms with Crippen molar-refractivity contribution in [2.75, 3.05) is 6.54 Å². The lowest BCUT2D eigenvalue weighted by atomic mass is 9.98. The SMILES string of the molecule is CCNC(Cc1cc(Cl)ccc1Cl)c1cccc(F)c1F. The van der Waals surface area contributed by atoms with Crippen LogP contribution in [-0.2, 0) is 6.42 Å². The molecule has 2 rings (SSSR count). The van der Waals surface area contributed by atoms with Crippen LogP contribution in [0, 0.1) is 11.6 Å². The standard InChI is InChI=1S/C16H15Cl2F2N/c1-2-21-15(12-4-3-5-14(19)16(12)20)9-10-8-11(17)6-7-13(10)18/h3-8,15,21H,2,9H2,1H3. The first-order valence-corrected chi connectivity index (χ1v) is 7.39. The second-order valence-electron chi connectivity index (χ2n) is 4.69. The van der Waals surface area contributed by atoms with E-state index in [1.807, 2.05) is 6.92 Å². The van der Waals surface area contributed by atoms with Gasteiger partial charge >= 0.3 is 0 Å². The highest BCUT2D eigenvalue weighted by Crippen LogP contribution is 2.28. The number of hydrogen-bond acceptors (Lipinski definition) is 1. The molecule has 1 N–H and O–H groups in total. The number of benzene rings is 2. The predicted octanol–water partition coefficient (Wildman–Crippen LogP) is 5.16. The highest BCUT2D eigenvalue weighted by Gasteiger charge is 2.19. The molecular weight excluding hydrogens is 315 g/mol. The molecule has 2 aromatic carbocycles. The third kappa shape index (κ3) is 3.94. The molecule has 5 heteroatoms. The molecule has 0 amide bonds. The Morgan fingerprint density at radius 3 is 2.62 bits per heavy atom. The second kappa shape index (κ2) is 7.21. The summed E-state index contributed by atoms with van der Waals surface area (Å²) in [5, 5.41) is 4.27. The van der Waals surface area contributed by atoms with Crippen molar-refractivity contribution in [1.82, 2.24) is 5.32 Å². The first-order chi connectivity index (χ1) is 10.0. The lowest BCUT2D eigenvalue weighted by Crippen LogP contribution is -2.24. The molecule has 0 saturated carbocycles. The molecule has 2 aromatic rings. The van der Waals surface area contributed by atoms with Gasteiger partial charge in [0.15, 0.2) is 11.6 Å². The van der Waals surface area contributed by atoms with Gasteiger partial charge in [0.25, 0.3) is 0 Å². The summed E-state index contributed by atoms with van der Waals surface area (Å²) in [4.78, 5) is 0. The Kier molecular flexibility index (Phi) is 5.57. The fourth-order valence-electron chi connectivity index (χ4n) is 2.25. The minimum Gasteiger partial charge on any atom is -0.310 e. The van der Waals surface area contributed by atoms with E-state index in [2.05, 4.69) is 5.32 Å². The molecule has 0 fully saturated rings. The maximum absolute atomic E-state index is 14.0. The zero-order valence-electron chi connectivity index (χ0n) is 11.5. The minimum atomic E-state index is -0.854. The van der Waals surface area contributed by atoms with Gasteiger partial charge in [-0.1, -0.05) is 42.3 Å². The lowest BCUT2D eigenvalue weighted by Gasteiger charge is -2.20. The van der Waals surface area contributed by atoms with Crippen molar-refractivity contribution in [3.8, 4) is 0 Å². The molecule has 21 heavy (non-hydrogen) atoms. The molecule has 0 bridgehead atoms. The highest BCUT2D eigenvalue weighted by molar-refractivity contribution is 6.33. The summed E-state index contributed by atoms with van der Waals surface area (Å²) in [6.07, 6.45) is 0.424. The van der Waals surface area contributed by atoms with Crippen LogP contribution in [-0.4, -0.2) is 6.54 Å². The Hall–Kier alpha value is -1.16. The molecule has 0 heterocycles. The van der Waals surface area contributed by atoms with Crippen LogP contribution in [0.3, 0.4) is 0 Å². The Labute approximate surface area is 132 Å². The van der Waals surface area contributed by atoms with E-state index >= 15 is 0 Å². The topological polar surface area (TPSA) is 12.0 Å². The summed E-state index contributed by atoms with van der Waals surface area (Å²) in [6, 6.07) is 8.94. The average molecular weight is 330 g/mol. The van der Waals surface area contributed by atoms with Crippen LogP contribution in [0.2, 0.25) is 10.0 Å². The first kappa shape index (κ1) is 16.2. The van der Waals surface area contributed by atoms with E-state index in [1.165, 1.54) is 6.07 Å². The molecule has 0 aliphatic heterocycles. The van der Waals surface area contributed by atoms with E-state index in [1.54, 1.807) is 24.3 Å². The summed E-state index contributed by atoms with van der Waals surface area (Å²) in [5.41, 5.74) is 1.08. The molecule has 0 radical (unpaired) electrons. The van der Waals surface area contributed by atoms with E-state index in [0.29, 0.717) is 23.0 Å². The zero-order chi connectivity index (χ0) is 15.4. The third-order valence-corrected chi connectivity index (χ3v) is 3.84. The maximum atomic E-state index is 14.0. The summed E-state index contributed by atoms with van der Waals surface area (Å²) in [5.74, 6) is -1.69. The van der Waals surface area contributed by atoms with Crippen LogP contribution >= 0.6 is 23.2 Å². The lowest BCUT2D eigenvalue weighted by molar-refractivity contribution is 0.464. The van der Waals surface area contributed by atoms with Gasteiger partial charge in [0.2, 0.25) is 0 Å². The molecular formula is C16H15Cl2F2N. The van der Waals surface area contributed by atoms with Gasteiger partial charge in [-0.2, -0.15) is 0 Å². The maximum Gasteiger partial charge on any atom is 0.163 e. The molecule has 112 valence electrons.